The topological polar surface area (TPSA) is 61.8 Å². The van der Waals surface area contributed by atoms with Crippen molar-refractivity contribution in [2.45, 2.75) is 271 Å². The zero-order valence-electron chi connectivity index (χ0n) is 40.2. The Hall–Kier alpha value is -2.14. The van der Waals surface area contributed by atoms with Crippen LogP contribution in [0.2, 0.25) is 0 Å². The minimum Gasteiger partial charge on any atom is -0.462 e. The molecule has 60 heavy (non-hydrogen) atoms. The van der Waals surface area contributed by atoms with Crippen LogP contribution in [-0.2, 0) is 23.8 Å². The molecule has 5 heteroatoms. The molecule has 0 radical (unpaired) electrons. The van der Waals surface area contributed by atoms with Gasteiger partial charge in [-0.3, -0.25) is 9.59 Å². The molecule has 1 atom stereocenters. The van der Waals surface area contributed by atoms with E-state index in [9.17, 15) is 9.59 Å². The third kappa shape index (κ3) is 48.5. The molecule has 0 N–H and O–H groups in total. The molecule has 0 heterocycles. The van der Waals surface area contributed by atoms with Gasteiger partial charge in [0.2, 0.25) is 0 Å². The van der Waals surface area contributed by atoms with Crippen LogP contribution in [0.1, 0.15) is 265 Å². The Morgan fingerprint density at radius 1 is 0.367 bits per heavy atom. The van der Waals surface area contributed by atoms with E-state index in [1.807, 2.05) is 0 Å². The van der Waals surface area contributed by atoms with Crippen LogP contribution in [0.4, 0.5) is 0 Å². The first-order valence-electron chi connectivity index (χ1n) is 26.2. The standard InChI is InChI=1S/C55H100O5/c1-4-7-10-13-16-19-22-24-26-28-29-31-34-36-39-42-45-48-54(56)59-52-53(60-55(57)49-46-43-40-37-33-21-18-15-12-9-6-3)51-58-50-47-44-41-38-35-32-30-27-25-23-20-17-14-11-8-5-2/h15-16,18-19,24-27,53H,4-14,17,20-23,28-52H2,1-3H3/b18-15-,19-16-,26-24-,27-25-. The summed E-state index contributed by atoms with van der Waals surface area (Å²) in [4.78, 5) is 25.4. The number of hydrogen-bond donors (Lipinski definition) is 0. The average molecular weight is 841 g/mol. The maximum Gasteiger partial charge on any atom is 0.306 e. The molecule has 0 saturated heterocycles. The molecular weight excluding hydrogens is 741 g/mol. The van der Waals surface area contributed by atoms with E-state index in [1.54, 1.807) is 0 Å². The van der Waals surface area contributed by atoms with E-state index in [4.69, 9.17) is 14.2 Å². The smallest absolute Gasteiger partial charge is 0.306 e. The highest BCUT2D eigenvalue weighted by atomic mass is 16.6. The van der Waals surface area contributed by atoms with E-state index in [2.05, 4.69) is 69.4 Å². The second-order valence-electron chi connectivity index (χ2n) is 17.4. The quantitative estimate of drug-likeness (QED) is 0.0347. The van der Waals surface area contributed by atoms with Crippen LogP contribution in [-0.4, -0.2) is 37.9 Å². The minimum absolute atomic E-state index is 0.0768. The zero-order chi connectivity index (χ0) is 43.5. The second-order valence-corrected chi connectivity index (χ2v) is 17.4. The summed E-state index contributed by atoms with van der Waals surface area (Å²) in [6.45, 7) is 7.76. The number of carbonyl (C=O) groups excluding carboxylic acids is 2. The summed E-state index contributed by atoms with van der Waals surface area (Å²) in [7, 11) is 0. The van der Waals surface area contributed by atoms with E-state index < -0.39 is 6.10 Å². The van der Waals surface area contributed by atoms with E-state index in [1.165, 1.54) is 167 Å². The third-order valence-electron chi connectivity index (χ3n) is 11.3. The predicted molar refractivity (Wildman–Crippen MR) is 261 cm³/mol. The molecular formula is C55H100O5. The minimum atomic E-state index is -0.545. The van der Waals surface area contributed by atoms with Crippen molar-refractivity contribution in [3.8, 4) is 0 Å². The Morgan fingerprint density at radius 2 is 0.717 bits per heavy atom. The van der Waals surface area contributed by atoms with Gasteiger partial charge in [-0.2, -0.15) is 0 Å². The van der Waals surface area contributed by atoms with Crippen molar-refractivity contribution in [3.05, 3.63) is 48.6 Å². The maximum atomic E-state index is 12.8. The van der Waals surface area contributed by atoms with Gasteiger partial charge in [-0.15, -0.1) is 0 Å². The van der Waals surface area contributed by atoms with Gasteiger partial charge in [-0.1, -0.05) is 204 Å². The van der Waals surface area contributed by atoms with Crippen molar-refractivity contribution in [2.75, 3.05) is 19.8 Å². The van der Waals surface area contributed by atoms with E-state index in [-0.39, 0.29) is 25.2 Å². The molecule has 0 aliphatic carbocycles. The molecule has 0 aliphatic rings. The molecule has 0 aromatic heterocycles. The number of hydrogen-bond acceptors (Lipinski definition) is 5. The van der Waals surface area contributed by atoms with Crippen LogP contribution >= 0.6 is 0 Å². The molecule has 0 spiro atoms. The van der Waals surface area contributed by atoms with Crippen LogP contribution in [0.15, 0.2) is 48.6 Å². The van der Waals surface area contributed by atoms with Crippen molar-refractivity contribution < 1.29 is 23.8 Å². The summed E-state index contributed by atoms with van der Waals surface area (Å²) < 4.78 is 17.4. The van der Waals surface area contributed by atoms with E-state index >= 15 is 0 Å². The molecule has 0 amide bonds. The number of allylic oxidation sites excluding steroid dienone is 8. The van der Waals surface area contributed by atoms with Gasteiger partial charge in [-0.25, -0.2) is 0 Å². The fraction of sp³-hybridized carbons (Fsp3) is 0.818. The third-order valence-corrected chi connectivity index (χ3v) is 11.3. The number of unbranched alkanes of at least 4 members (excludes halogenated alkanes) is 29. The molecule has 0 fully saturated rings. The van der Waals surface area contributed by atoms with Gasteiger partial charge in [0.05, 0.1) is 6.61 Å². The van der Waals surface area contributed by atoms with Crippen LogP contribution in [0.5, 0.6) is 0 Å². The molecule has 1 unspecified atom stereocenters. The van der Waals surface area contributed by atoms with Gasteiger partial charge >= 0.3 is 11.9 Å². The van der Waals surface area contributed by atoms with Gasteiger partial charge in [0.15, 0.2) is 6.10 Å². The monoisotopic (exact) mass is 841 g/mol. The van der Waals surface area contributed by atoms with Gasteiger partial charge in [0.1, 0.15) is 6.61 Å². The molecule has 350 valence electrons. The average Bonchev–Trinajstić information content (AvgIpc) is 3.25. The zero-order valence-corrected chi connectivity index (χ0v) is 40.2. The highest BCUT2D eigenvalue weighted by Gasteiger charge is 2.17. The fourth-order valence-electron chi connectivity index (χ4n) is 7.34. The summed E-state index contributed by atoms with van der Waals surface area (Å²) in [5.41, 5.74) is 0. The summed E-state index contributed by atoms with van der Waals surface area (Å²) in [6.07, 6.45) is 62.6. The van der Waals surface area contributed by atoms with Gasteiger partial charge in [-0.05, 0) is 96.3 Å². The SMILES string of the molecule is CCCC/C=C\CCCCCCCC(=O)OC(COCCCCCCCC/C=C\CCCCCCCC)COC(=O)CCCCCCCCC/C=C\C/C=C\CCCCC. The van der Waals surface area contributed by atoms with Crippen LogP contribution in [0.25, 0.3) is 0 Å². The predicted octanol–water partition coefficient (Wildman–Crippen LogP) is 17.6. The van der Waals surface area contributed by atoms with E-state index in [0.717, 1.165) is 64.2 Å². The lowest BCUT2D eigenvalue weighted by atomic mass is 10.1. The normalized spacial score (nSPS) is 12.5. The first-order chi connectivity index (χ1) is 29.6. The van der Waals surface area contributed by atoms with Crippen molar-refractivity contribution in [2.24, 2.45) is 0 Å². The Balaban J connectivity index is 4.24. The molecule has 0 rings (SSSR count). The van der Waals surface area contributed by atoms with Crippen molar-refractivity contribution in [1.82, 2.24) is 0 Å². The van der Waals surface area contributed by atoms with Crippen molar-refractivity contribution >= 4 is 11.9 Å². The highest BCUT2D eigenvalue weighted by molar-refractivity contribution is 5.70. The maximum absolute atomic E-state index is 12.8. The molecule has 0 aromatic rings. The lowest BCUT2D eigenvalue weighted by Gasteiger charge is -2.18. The van der Waals surface area contributed by atoms with Crippen LogP contribution in [0, 0.1) is 0 Å². The second kappa shape index (κ2) is 51.2. The number of carbonyl (C=O) groups is 2. The first-order valence-corrected chi connectivity index (χ1v) is 26.2. The lowest BCUT2D eigenvalue weighted by molar-refractivity contribution is -0.163. The Bertz CT molecular complexity index is 997. The summed E-state index contributed by atoms with van der Waals surface area (Å²) >= 11 is 0. The summed E-state index contributed by atoms with van der Waals surface area (Å²) in [6, 6.07) is 0. The summed E-state index contributed by atoms with van der Waals surface area (Å²) in [5.74, 6) is -0.413. The summed E-state index contributed by atoms with van der Waals surface area (Å²) in [5, 5.41) is 0. The van der Waals surface area contributed by atoms with Crippen LogP contribution in [0.3, 0.4) is 0 Å². The van der Waals surface area contributed by atoms with Crippen LogP contribution < -0.4 is 0 Å². The Labute approximate surface area is 373 Å². The van der Waals surface area contributed by atoms with E-state index in [0.29, 0.717) is 19.4 Å². The number of esters is 2. The molecule has 0 aromatic carbocycles. The first kappa shape index (κ1) is 57.9. The molecule has 0 bridgehead atoms. The lowest BCUT2D eigenvalue weighted by Crippen LogP contribution is -2.30. The number of rotatable bonds is 48. The largest absolute Gasteiger partial charge is 0.462 e. The van der Waals surface area contributed by atoms with Gasteiger partial charge in [0, 0.05) is 19.4 Å². The molecule has 5 nitrogen and oxygen atoms in total. The van der Waals surface area contributed by atoms with Gasteiger partial charge in [0.25, 0.3) is 0 Å². The Morgan fingerprint density at radius 3 is 1.20 bits per heavy atom. The van der Waals surface area contributed by atoms with Gasteiger partial charge < -0.3 is 14.2 Å². The highest BCUT2D eigenvalue weighted by Crippen LogP contribution is 2.14. The van der Waals surface area contributed by atoms with Crippen molar-refractivity contribution in [3.63, 3.8) is 0 Å². The molecule has 0 aliphatic heterocycles. The Kier molecular flexibility index (Phi) is 49.4. The number of ether oxygens (including phenoxy) is 3. The fourth-order valence-corrected chi connectivity index (χ4v) is 7.34. The molecule has 0 saturated carbocycles. The van der Waals surface area contributed by atoms with Crippen molar-refractivity contribution in [1.29, 1.82) is 0 Å².